The quantitative estimate of drug-likeness (QED) is 0.644. The second kappa shape index (κ2) is 2.62. The van der Waals surface area contributed by atoms with Crippen molar-refractivity contribution in [1.82, 2.24) is 9.97 Å². The van der Waals surface area contributed by atoms with E-state index in [2.05, 4.69) is 23.8 Å². The molecule has 13 heavy (non-hydrogen) atoms. The molecule has 1 heterocycles. The molecule has 1 aliphatic rings. The van der Waals surface area contributed by atoms with Gasteiger partial charge in [-0.2, -0.15) is 0 Å². The van der Waals surface area contributed by atoms with Crippen molar-refractivity contribution in [1.29, 1.82) is 0 Å². The number of hydrogen-bond donors (Lipinski definition) is 0. The Morgan fingerprint density at radius 3 is 2.69 bits per heavy atom. The van der Waals surface area contributed by atoms with E-state index in [0.717, 1.165) is 6.42 Å². The summed E-state index contributed by atoms with van der Waals surface area (Å²) in [6.45, 7) is 4.21. The van der Waals surface area contributed by atoms with E-state index in [1.807, 2.05) is 0 Å². The van der Waals surface area contributed by atoms with Crippen LogP contribution >= 0.6 is 0 Å². The van der Waals surface area contributed by atoms with Gasteiger partial charge in [0.15, 0.2) is 5.78 Å². The molecule has 1 fully saturated rings. The maximum absolute atomic E-state index is 11.7. The molecule has 1 aromatic heterocycles. The fourth-order valence-electron chi connectivity index (χ4n) is 1.52. The number of nitrogens with zero attached hydrogens (tertiary/aromatic N) is 2. The van der Waals surface area contributed by atoms with Crippen LogP contribution in [0.3, 0.4) is 0 Å². The van der Waals surface area contributed by atoms with Crippen molar-refractivity contribution < 1.29 is 4.79 Å². The first-order valence-corrected chi connectivity index (χ1v) is 4.41. The molecule has 0 aromatic carbocycles. The molecule has 2 rings (SSSR count). The van der Waals surface area contributed by atoms with Gasteiger partial charge < -0.3 is 0 Å². The molecule has 3 heteroatoms. The Morgan fingerprint density at radius 2 is 2.23 bits per heavy atom. The van der Waals surface area contributed by atoms with Crippen molar-refractivity contribution in [2.24, 2.45) is 11.3 Å². The van der Waals surface area contributed by atoms with Crippen molar-refractivity contribution in [3.05, 3.63) is 24.3 Å². The maximum Gasteiger partial charge on any atom is 0.186 e. The number of carbonyl (C=O) groups excluding carboxylic acids is 1. The molecule has 1 saturated carbocycles. The first kappa shape index (κ1) is 8.35. The highest BCUT2D eigenvalue weighted by Crippen LogP contribution is 2.52. The van der Waals surface area contributed by atoms with Gasteiger partial charge >= 0.3 is 0 Å². The summed E-state index contributed by atoms with van der Waals surface area (Å²) in [5.41, 5.74) is 0.673. The van der Waals surface area contributed by atoms with Gasteiger partial charge in [-0.3, -0.25) is 9.78 Å². The van der Waals surface area contributed by atoms with Crippen LogP contribution in [0.25, 0.3) is 0 Å². The van der Waals surface area contributed by atoms with Gasteiger partial charge in [0.2, 0.25) is 0 Å². The van der Waals surface area contributed by atoms with Crippen LogP contribution in [0.5, 0.6) is 0 Å². The lowest BCUT2D eigenvalue weighted by molar-refractivity contribution is 0.0948. The minimum absolute atomic E-state index is 0.137. The van der Waals surface area contributed by atoms with Gasteiger partial charge in [-0.25, -0.2) is 4.98 Å². The van der Waals surface area contributed by atoms with E-state index in [9.17, 15) is 4.79 Å². The molecule has 68 valence electrons. The number of carbonyl (C=O) groups is 1. The minimum atomic E-state index is 0.137. The van der Waals surface area contributed by atoms with Gasteiger partial charge in [0.05, 0.1) is 6.20 Å². The summed E-state index contributed by atoms with van der Waals surface area (Å²) < 4.78 is 0. The highest BCUT2D eigenvalue weighted by atomic mass is 16.1. The average molecular weight is 176 g/mol. The van der Waals surface area contributed by atoms with Gasteiger partial charge in [0, 0.05) is 18.3 Å². The summed E-state index contributed by atoms with van der Waals surface area (Å²) >= 11 is 0. The summed E-state index contributed by atoms with van der Waals surface area (Å²) in [6, 6.07) is 0. The zero-order valence-corrected chi connectivity index (χ0v) is 7.82. The maximum atomic E-state index is 11.7. The second-order valence-corrected chi connectivity index (χ2v) is 4.20. The topological polar surface area (TPSA) is 42.9 Å². The molecular formula is C10H12N2O. The molecule has 0 N–H and O–H groups in total. The Hall–Kier alpha value is -1.25. The summed E-state index contributed by atoms with van der Waals surface area (Å²) in [5, 5.41) is 0. The fourth-order valence-corrected chi connectivity index (χ4v) is 1.52. The molecule has 0 saturated heterocycles. The summed E-state index contributed by atoms with van der Waals surface area (Å²) in [4.78, 5) is 19.6. The summed E-state index contributed by atoms with van der Waals surface area (Å²) in [7, 11) is 0. The number of rotatable bonds is 2. The smallest absolute Gasteiger partial charge is 0.186 e. The van der Waals surface area contributed by atoms with Crippen LogP contribution < -0.4 is 0 Å². The first-order valence-electron chi connectivity index (χ1n) is 4.41. The third kappa shape index (κ3) is 1.46. The number of ketones is 1. The number of aromatic nitrogens is 2. The fraction of sp³-hybridized carbons (Fsp3) is 0.500. The lowest BCUT2D eigenvalue weighted by atomic mass is 10.1. The lowest BCUT2D eigenvalue weighted by Gasteiger charge is -2.00. The molecule has 1 atom stereocenters. The lowest BCUT2D eigenvalue weighted by Crippen LogP contribution is -2.08. The van der Waals surface area contributed by atoms with E-state index in [1.54, 1.807) is 12.4 Å². The van der Waals surface area contributed by atoms with Crippen molar-refractivity contribution in [3.8, 4) is 0 Å². The first-order chi connectivity index (χ1) is 6.11. The van der Waals surface area contributed by atoms with Gasteiger partial charge in [0.1, 0.15) is 5.69 Å². The van der Waals surface area contributed by atoms with E-state index in [4.69, 9.17) is 0 Å². The van der Waals surface area contributed by atoms with Crippen LogP contribution in [0.2, 0.25) is 0 Å². The molecular weight excluding hydrogens is 164 g/mol. The summed E-state index contributed by atoms with van der Waals surface area (Å²) in [5.74, 6) is 0.294. The van der Waals surface area contributed by atoms with E-state index in [0.29, 0.717) is 5.69 Å². The second-order valence-electron chi connectivity index (χ2n) is 4.20. The van der Waals surface area contributed by atoms with E-state index < -0.39 is 0 Å². The number of Topliss-reactive ketones (excluding diaryl/α,β-unsaturated/α-hetero) is 1. The standard InChI is InChI=1S/C10H12N2O/c1-10(2)5-7(10)9(13)8-6-11-3-4-12-8/h3-4,6-7H,5H2,1-2H3. The molecule has 0 bridgehead atoms. The van der Waals surface area contributed by atoms with Gasteiger partial charge in [-0.15, -0.1) is 0 Å². The van der Waals surface area contributed by atoms with Crippen molar-refractivity contribution in [3.63, 3.8) is 0 Å². The van der Waals surface area contributed by atoms with E-state index in [1.165, 1.54) is 6.20 Å². The van der Waals surface area contributed by atoms with Gasteiger partial charge in [-0.05, 0) is 11.8 Å². The van der Waals surface area contributed by atoms with Crippen LogP contribution in [0.15, 0.2) is 18.6 Å². The Labute approximate surface area is 77.2 Å². The number of hydrogen-bond acceptors (Lipinski definition) is 3. The summed E-state index contributed by atoms with van der Waals surface area (Å²) in [6.07, 6.45) is 5.65. The Morgan fingerprint density at radius 1 is 1.54 bits per heavy atom. The van der Waals surface area contributed by atoms with Crippen LogP contribution in [0.1, 0.15) is 30.8 Å². The molecule has 0 amide bonds. The van der Waals surface area contributed by atoms with Gasteiger partial charge in [0.25, 0.3) is 0 Å². The Balaban J connectivity index is 2.17. The predicted octanol–water partition coefficient (Wildman–Crippen LogP) is 1.71. The highest BCUT2D eigenvalue weighted by Gasteiger charge is 2.50. The Kier molecular flexibility index (Phi) is 1.68. The molecule has 1 aromatic rings. The van der Waals surface area contributed by atoms with Crippen LogP contribution in [0, 0.1) is 11.3 Å². The molecule has 0 aliphatic heterocycles. The molecule has 0 radical (unpaired) electrons. The average Bonchev–Trinajstić information content (AvgIpc) is 2.76. The third-order valence-corrected chi connectivity index (χ3v) is 2.65. The molecule has 0 spiro atoms. The molecule has 1 aliphatic carbocycles. The van der Waals surface area contributed by atoms with Crippen LogP contribution in [-0.2, 0) is 0 Å². The van der Waals surface area contributed by atoms with E-state index >= 15 is 0 Å². The van der Waals surface area contributed by atoms with Crippen LogP contribution in [-0.4, -0.2) is 15.8 Å². The zero-order chi connectivity index (χ0) is 9.47. The van der Waals surface area contributed by atoms with Crippen molar-refractivity contribution in [2.45, 2.75) is 20.3 Å². The zero-order valence-electron chi connectivity index (χ0n) is 7.82. The SMILES string of the molecule is CC1(C)CC1C(=O)c1cnccn1. The monoisotopic (exact) mass is 176 g/mol. The normalized spacial score (nSPS) is 24.0. The highest BCUT2D eigenvalue weighted by molar-refractivity contribution is 5.98. The largest absolute Gasteiger partial charge is 0.292 e. The van der Waals surface area contributed by atoms with E-state index in [-0.39, 0.29) is 17.1 Å². The molecule has 3 nitrogen and oxygen atoms in total. The van der Waals surface area contributed by atoms with Gasteiger partial charge in [-0.1, -0.05) is 13.8 Å². The third-order valence-electron chi connectivity index (χ3n) is 2.65. The van der Waals surface area contributed by atoms with Crippen LogP contribution in [0.4, 0.5) is 0 Å². The minimum Gasteiger partial charge on any atom is -0.292 e. The van der Waals surface area contributed by atoms with Crippen molar-refractivity contribution in [2.75, 3.05) is 0 Å². The van der Waals surface area contributed by atoms with Crippen molar-refractivity contribution >= 4 is 5.78 Å². The Bertz CT molecular complexity index is 332. The molecule has 1 unspecified atom stereocenters. The predicted molar refractivity (Wildman–Crippen MR) is 48.3 cm³/mol.